The second kappa shape index (κ2) is 6.92. The van der Waals surface area contributed by atoms with E-state index in [0.717, 1.165) is 25.8 Å². The molecule has 1 fully saturated rings. The number of carbonyl (C=O) groups is 1. The minimum absolute atomic E-state index is 0.0681. The number of nitrogens with two attached hydrogens (primary N) is 1. The summed E-state index contributed by atoms with van der Waals surface area (Å²) in [6.07, 6.45) is 5.43. The molecule has 1 aliphatic carbocycles. The highest BCUT2D eigenvalue weighted by atomic mass is 19.1. The zero-order chi connectivity index (χ0) is 15.4. The molecule has 0 saturated heterocycles. The van der Waals surface area contributed by atoms with Gasteiger partial charge in [-0.25, -0.2) is 4.39 Å². The van der Waals surface area contributed by atoms with Crippen LogP contribution in [0.25, 0.3) is 0 Å². The quantitative estimate of drug-likeness (QED) is 0.838. The predicted octanol–water partition coefficient (Wildman–Crippen LogP) is 3.84. The van der Waals surface area contributed by atoms with Crippen molar-refractivity contribution >= 4 is 11.6 Å². The van der Waals surface area contributed by atoms with E-state index in [0.29, 0.717) is 17.5 Å². The van der Waals surface area contributed by atoms with Gasteiger partial charge in [-0.1, -0.05) is 26.7 Å². The first-order chi connectivity index (χ1) is 9.99. The Kier molecular flexibility index (Phi) is 5.21. The van der Waals surface area contributed by atoms with Crippen molar-refractivity contribution in [2.24, 2.45) is 5.92 Å². The van der Waals surface area contributed by atoms with Gasteiger partial charge < -0.3 is 10.6 Å². The smallest absolute Gasteiger partial charge is 0.254 e. The zero-order valence-electron chi connectivity index (χ0n) is 12.9. The summed E-state index contributed by atoms with van der Waals surface area (Å²) in [4.78, 5) is 14.7. The van der Waals surface area contributed by atoms with Crippen molar-refractivity contribution < 1.29 is 9.18 Å². The number of nitrogen functional groups attached to an aromatic ring is 1. The Hall–Kier alpha value is -1.58. The molecule has 0 heterocycles. The van der Waals surface area contributed by atoms with E-state index >= 15 is 0 Å². The van der Waals surface area contributed by atoms with Crippen molar-refractivity contribution in [2.75, 3.05) is 12.3 Å². The van der Waals surface area contributed by atoms with Crippen LogP contribution in [-0.2, 0) is 0 Å². The summed E-state index contributed by atoms with van der Waals surface area (Å²) >= 11 is 0. The highest BCUT2D eigenvalue weighted by Gasteiger charge is 2.27. The van der Waals surface area contributed by atoms with Gasteiger partial charge in [-0.15, -0.1) is 0 Å². The number of hydrogen-bond donors (Lipinski definition) is 1. The number of benzene rings is 1. The SMILES string of the molecule is CC(C)CCN(C(=O)c1ccc(N)c(F)c1)C1CCCC1. The monoisotopic (exact) mass is 292 g/mol. The van der Waals surface area contributed by atoms with Crippen LogP contribution in [-0.4, -0.2) is 23.4 Å². The number of hydrogen-bond acceptors (Lipinski definition) is 2. The summed E-state index contributed by atoms with van der Waals surface area (Å²) in [5, 5.41) is 0. The molecule has 1 aromatic rings. The lowest BCUT2D eigenvalue weighted by atomic mass is 10.1. The van der Waals surface area contributed by atoms with Gasteiger partial charge in [-0.05, 0) is 43.4 Å². The molecule has 1 aromatic carbocycles. The maximum atomic E-state index is 13.6. The van der Waals surface area contributed by atoms with E-state index in [2.05, 4.69) is 13.8 Å². The first-order valence-electron chi connectivity index (χ1n) is 7.85. The van der Waals surface area contributed by atoms with Gasteiger partial charge in [0.05, 0.1) is 5.69 Å². The predicted molar refractivity (Wildman–Crippen MR) is 83.6 cm³/mol. The summed E-state index contributed by atoms with van der Waals surface area (Å²) < 4.78 is 13.6. The topological polar surface area (TPSA) is 46.3 Å². The Labute approximate surface area is 126 Å². The van der Waals surface area contributed by atoms with Crippen LogP contribution in [0.15, 0.2) is 18.2 Å². The molecule has 0 spiro atoms. The number of nitrogens with zero attached hydrogens (tertiary/aromatic N) is 1. The first-order valence-corrected chi connectivity index (χ1v) is 7.85. The molecule has 4 heteroatoms. The second-order valence-electron chi connectivity index (χ2n) is 6.36. The van der Waals surface area contributed by atoms with E-state index in [1.54, 1.807) is 6.07 Å². The van der Waals surface area contributed by atoms with E-state index in [1.165, 1.54) is 25.0 Å². The standard InChI is InChI=1S/C17H25FN2O/c1-12(2)9-10-20(14-5-3-4-6-14)17(21)13-7-8-16(19)15(18)11-13/h7-8,11-12,14H,3-6,9-10,19H2,1-2H3. The van der Waals surface area contributed by atoms with Crippen molar-refractivity contribution in [2.45, 2.75) is 52.0 Å². The van der Waals surface area contributed by atoms with Crippen LogP contribution < -0.4 is 5.73 Å². The van der Waals surface area contributed by atoms with E-state index in [4.69, 9.17) is 5.73 Å². The summed E-state index contributed by atoms with van der Waals surface area (Å²) in [7, 11) is 0. The van der Waals surface area contributed by atoms with Gasteiger partial charge in [0.15, 0.2) is 0 Å². The maximum Gasteiger partial charge on any atom is 0.254 e. The normalized spacial score (nSPS) is 15.6. The van der Waals surface area contributed by atoms with E-state index in [9.17, 15) is 9.18 Å². The summed E-state index contributed by atoms with van der Waals surface area (Å²) in [5.74, 6) is -0.0395. The molecule has 0 bridgehead atoms. The van der Waals surface area contributed by atoms with Gasteiger partial charge in [-0.2, -0.15) is 0 Å². The van der Waals surface area contributed by atoms with Crippen LogP contribution in [0.5, 0.6) is 0 Å². The molecule has 116 valence electrons. The van der Waals surface area contributed by atoms with Gasteiger partial charge in [0.25, 0.3) is 5.91 Å². The average molecular weight is 292 g/mol. The zero-order valence-corrected chi connectivity index (χ0v) is 12.9. The molecule has 0 atom stereocenters. The number of carbonyl (C=O) groups excluding carboxylic acids is 1. The third-order valence-corrected chi connectivity index (χ3v) is 4.22. The molecular weight excluding hydrogens is 267 g/mol. The molecule has 2 N–H and O–H groups in total. The fraction of sp³-hybridized carbons (Fsp3) is 0.588. The summed E-state index contributed by atoms with van der Waals surface area (Å²) in [5.41, 5.74) is 5.97. The lowest BCUT2D eigenvalue weighted by Crippen LogP contribution is -2.40. The Balaban J connectivity index is 2.17. The van der Waals surface area contributed by atoms with Crippen LogP contribution >= 0.6 is 0 Å². The number of rotatable bonds is 5. The number of anilines is 1. The fourth-order valence-corrected chi connectivity index (χ4v) is 2.89. The van der Waals surface area contributed by atoms with Gasteiger partial charge in [0.1, 0.15) is 5.82 Å². The minimum atomic E-state index is -0.518. The lowest BCUT2D eigenvalue weighted by Gasteiger charge is -2.30. The molecule has 1 aliphatic rings. The van der Waals surface area contributed by atoms with Gasteiger partial charge in [0, 0.05) is 18.2 Å². The summed E-state index contributed by atoms with van der Waals surface area (Å²) in [6, 6.07) is 4.65. The highest BCUT2D eigenvalue weighted by molar-refractivity contribution is 5.94. The van der Waals surface area contributed by atoms with Crippen LogP contribution in [0.2, 0.25) is 0 Å². The van der Waals surface area contributed by atoms with Gasteiger partial charge >= 0.3 is 0 Å². The molecule has 0 aliphatic heterocycles. The first kappa shape index (κ1) is 15.8. The fourth-order valence-electron chi connectivity index (χ4n) is 2.89. The van der Waals surface area contributed by atoms with Crippen molar-refractivity contribution in [3.05, 3.63) is 29.6 Å². The van der Waals surface area contributed by atoms with Crippen molar-refractivity contribution in [1.82, 2.24) is 4.90 Å². The molecular formula is C17H25FN2O. The van der Waals surface area contributed by atoms with Gasteiger partial charge in [0.2, 0.25) is 0 Å². The molecule has 21 heavy (non-hydrogen) atoms. The number of halogens is 1. The van der Waals surface area contributed by atoms with Crippen LogP contribution in [0.1, 0.15) is 56.3 Å². The Morgan fingerprint density at radius 1 is 1.38 bits per heavy atom. The third kappa shape index (κ3) is 3.96. The molecule has 2 rings (SSSR count). The third-order valence-electron chi connectivity index (χ3n) is 4.22. The Bertz CT molecular complexity index is 496. The van der Waals surface area contributed by atoms with E-state index in [1.807, 2.05) is 4.90 Å². The number of amides is 1. The van der Waals surface area contributed by atoms with Crippen LogP contribution in [0.4, 0.5) is 10.1 Å². The molecule has 0 aromatic heterocycles. The average Bonchev–Trinajstić information content (AvgIpc) is 2.95. The van der Waals surface area contributed by atoms with Crippen molar-refractivity contribution in [3.63, 3.8) is 0 Å². The Morgan fingerprint density at radius 2 is 2.05 bits per heavy atom. The van der Waals surface area contributed by atoms with E-state index < -0.39 is 5.82 Å². The maximum absolute atomic E-state index is 13.6. The second-order valence-corrected chi connectivity index (χ2v) is 6.36. The van der Waals surface area contributed by atoms with Crippen LogP contribution in [0.3, 0.4) is 0 Å². The highest BCUT2D eigenvalue weighted by Crippen LogP contribution is 2.26. The molecule has 1 amide bonds. The molecule has 1 saturated carbocycles. The van der Waals surface area contributed by atoms with Crippen molar-refractivity contribution in [3.8, 4) is 0 Å². The van der Waals surface area contributed by atoms with Crippen LogP contribution in [0, 0.1) is 11.7 Å². The van der Waals surface area contributed by atoms with E-state index in [-0.39, 0.29) is 11.6 Å². The largest absolute Gasteiger partial charge is 0.396 e. The van der Waals surface area contributed by atoms with Crippen molar-refractivity contribution in [1.29, 1.82) is 0 Å². The van der Waals surface area contributed by atoms with Gasteiger partial charge in [-0.3, -0.25) is 4.79 Å². The molecule has 0 radical (unpaired) electrons. The summed E-state index contributed by atoms with van der Waals surface area (Å²) in [6.45, 7) is 5.05. The minimum Gasteiger partial charge on any atom is -0.396 e. The Morgan fingerprint density at radius 3 is 2.62 bits per heavy atom. The molecule has 0 unspecified atom stereocenters. The lowest BCUT2D eigenvalue weighted by molar-refractivity contribution is 0.0671. The molecule has 3 nitrogen and oxygen atoms in total.